The van der Waals surface area contributed by atoms with Crippen molar-refractivity contribution in [2.45, 2.75) is 95.4 Å². The van der Waals surface area contributed by atoms with Crippen LogP contribution >= 0.6 is 0 Å². The maximum Gasteiger partial charge on any atom is 0.230 e. The summed E-state index contributed by atoms with van der Waals surface area (Å²) in [6.45, 7) is 24.5. The van der Waals surface area contributed by atoms with Gasteiger partial charge in [-0.05, 0) is 84.1 Å². The lowest BCUT2D eigenvalue weighted by molar-refractivity contribution is -0.132. The fourth-order valence-electron chi connectivity index (χ4n) is 10.1. The number of nitrogens with zero attached hydrogens (tertiary/aromatic N) is 6. The Morgan fingerprint density at radius 1 is 0.457 bits per heavy atom. The second-order valence-corrected chi connectivity index (χ2v) is 23.3. The van der Waals surface area contributed by atoms with E-state index < -0.39 is 17.8 Å². The Hall–Kier alpha value is -6.74. The van der Waals surface area contributed by atoms with E-state index in [0.717, 1.165) is 55.3 Å². The molecule has 9 heteroatoms. The summed E-state index contributed by atoms with van der Waals surface area (Å²) < 4.78 is 0. The molecule has 1 fully saturated rings. The maximum atomic E-state index is 15.7. The van der Waals surface area contributed by atoms with Crippen LogP contribution in [-0.4, -0.2) is 52.3 Å². The zero-order valence-corrected chi connectivity index (χ0v) is 43.1. The predicted octanol–water partition coefficient (Wildman–Crippen LogP) is 13.7. The van der Waals surface area contributed by atoms with Crippen molar-refractivity contribution in [1.29, 1.82) is 0 Å². The molecule has 1 saturated carbocycles. The molecule has 2 atom stereocenters. The second-order valence-electron chi connectivity index (χ2n) is 23.3. The lowest BCUT2D eigenvalue weighted by Gasteiger charge is -2.41. The van der Waals surface area contributed by atoms with Crippen LogP contribution in [0.4, 0.5) is 17.1 Å². The molecule has 3 heterocycles. The van der Waals surface area contributed by atoms with Gasteiger partial charge < -0.3 is 14.7 Å². The quantitative estimate of drug-likeness (QED) is 0.120. The minimum absolute atomic E-state index is 0.104. The van der Waals surface area contributed by atoms with E-state index in [1.54, 1.807) is 12.4 Å². The van der Waals surface area contributed by atoms with Gasteiger partial charge >= 0.3 is 0 Å². The number of fused-ring (bicyclic) bond motifs is 3. The summed E-state index contributed by atoms with van der Waals surface area (Å²) in [6.07, 6.45) is 6.31. The van der Waals surface area contributed by atoms with Crippen molar-refractivity contribution in [2.24, 2.45) is 34.0 Å². The van der Waals surface area contributed by atoms with Gasteiger partial charge in [-0.2, -0.15) is 0 Å². The van der Waals surface area contributed by atoms with Gasteiger partial charge in [-0.15, -0.1) is 0 Å². The van der Waals surface area contributed by atoms with Gasteiger partial charge in [-0.3, -0.25) is 29.3 Å². The Morgan fingerprint density at radius 3 is 1.21 bits per heavy atom. The summed E-state index contributed by atoms with van der Waals surface area (Å²) >= 11 is 0. The molecule has 0 aliphatic heterocycles. The van der Waals surface area contributed by atoms with Crippen LogP contribution in [-0.2, 0) is 14.4 Å². The van der Waals surface area contributed by atoms with Crippen molar-refractivity contribution in [3.63, 3.8) is 0 Å². The Labute approximate surface area is 415 Å². The summed E-state index contributed by atoms with van der Waals surface area (Å²) in [5.74, 6) is -2.23. The number of rotatable bonds is 11. The normalized spacial score (nSPS) is 16.5. The van der Waals surface area contributed by atoms with Crippen molar-refractivity contribution in [3.05, 3.63) is 145 Å². The molecule has 2 unspecified atom stereocenters. The van der Waals surface area contributed by atoms with Crippen LogP contribution in [0.15, 0.2) is 134 Å². The van der Waals surface area contributed by atoms with Gasteiger partial charge in [-0.25, -0.2) is 0 Å². The summed E-state index contributed by atoms with van der Waals surface area (Å²) in [4.78, 5) is 67.4. The molecule has 1 aliphatic rings. The molecule has 0 radical (unpaired) electrons. The molecular formula is C61H70N6O3. The first-order chi connectivity index (χ1) is 33.1. The van der Waals surface area contributed by atoms with E-state index in [1.165, 1.54) is 0 Å². The predicted molar refractivity (Wildman–Crippen MR) is 288 cm³/mol. The summed E-state index contributed by atoms with van der Waals surface area (Å²) in [5.41, 5.74) is 7.77. The molecule has 362 valence electrons. The number of aryl methyl sites for hydroxylation is 2. The summed E-state index contributed by atoms with van der Waals surface area (Å²) in [5, 5.41) is 3.09. The second kappa shape index (κ2) is 19.9. The number of hydrogen-bond donors (Lipinski definition) is 0. The van der Waals surface area contributed by atoms with Gasteiger partial charge in [0.2, 0.25) is 17.7 Å². The van der Waals surface area contributed by atoms with E-state index in [2.05, 4.69) is 92.6 Å². The van der Waals surface area contributed by atoms with E-state index in [1.807, 2.05) is 120 Å². The highest BCUT2D eigenvalue weighted by Gasteiger charge is 2.44. The van der Waals surface area contributed by atoms with Gasteiger partial charge in [0.1, 0.15) is 0 Å². The first-order valence-electron chi connectivity index (χ1n) is 24.9. The third-order valence-corrected chi connectivity index (χ3v) is 13.2. The number of pyridine rings is 3. The largest absolute Gasteiger partial charge is 0.310 e. The highest BCUT2D eigenvalue weighted by Crippen LogP contribution is 2.41. The van der Waals surface area contributed by atoms with Crippen LogP contribution in [0, 0.1) is 47.8 Å². The van der Waals surface area contributed by atoms with Crippen molar-refractivity contribution in [3.8, 4) is 22.5 Å². The number of benzene rings is 4. The highest BCUT2D eigenvalue weighted by atomic mass is 16.2. The Balaban J connectivity index is 1.21. The van der Waals surface area contributed by atoms with Gasteiger partial charge in [0.05, 0.1) is 52.6 Å². The topological polar surface area (TPSA) is 99.6 Å². The molecule has 0 bridgehead atoms. The third kappa shape index (κ3) is 11.5. The van der Waals surface area contributed by atoms with E-state index in [-0.39, 0.29) is 34.0 Å². The van der Waals surface area contributed by atoms with Gasteiger partial charge in [0, 0.05) is 59.3 Å². The zero-order valence-electron chi connectivity index (χ0n) is 43.1. The number of hydrogen-bond acceptors (Lipinski definition) is 6. The highest BCUT2D eigenvalue weighted by molar-refractivity contribution is 6.07. The third-order valence-electron chi connectivity index (χ3n) is 13.2. The van der Waals surface area contributed by atoms with E-state index in [9.17, 15) is 0 Å². The van der Waals surface area contributed by atoms with Gasteiger partial charge in [-0.1, -0.05) is 159 Å². The molecule has 70 heavy (non-hydrogen) atoms. The lowest BCUT2D eigenvalue weighted by atomic mass is 9.73. The molecule has 1 aliphatic carbocycles. The van der Waals surface area contributed by atoms with Crippen LogP contribution in [0.2, 0.25) is 0 Å². The Kier molecular flexibility index (Phi) is 14.1. The molecule has 4 aromatic carbocycles. The first-order valence-corrected chi connectivity index (χ1v) is 24.9. The molecule has 9 nitrogen and oxygen atoms in total. The molecule has 0 spiro atoms. The first kappa shape index (κ1) is 49.7. The number of aromatic nitrogens is 3. The van der Waals surface area contributed by atoms with Gasteiger partial charge in [0.15, 0.2) is 0 Å². The molecule has 8 rings (SSSR count). The van der Waals surface area contributed by atoms with Crippen molar-refractivity contribution < 1.29 is 14.4 Å². The van der Waals surface area contributed by atoms with E-state index in [4.69, 9.17) is 15.0 Å². The van der Waals surface area contributed by atoms with Crippen LogP contribution < -0.4 is 14.7 Å². The average molecular weight is 935 g/mol. The SMILES string of the molecule is Cc1cc(N(CC(C)(C)C)C(=O)C2CC(C(=O)N(CC(C)(C)C)c3cnc(-c4ccccc4)c(C)c3)CC(C(=O)N(CC(C)(C)C)c3cnc4c(ccc5ccccc54)c3)C2)cnc1-c1ccccc1. The standard InChI is InChI=1S/C61H70N6O3/c1-40-28-49(34-62-53(40)43-21-14-12-15-22-43)65(37-59(3,4)5)56(68)46-30-47(57(69)66(38-60(6,7)8)50-29-41(2)54(63-35-50)44-23-16-13-17-24-44)32-48(31-46)58(70)67(39-61(9,10)11)51-33-45-27-26-42-20-18-19-25-52(42)55(45)64-36-51/h12-29,33-36,46-48H,30-32,37-39H2,1-11H3. The smallest absolute Gasteiger partial charge is 0.230 e. The van der Waals surface area contributed by atoms with E-state index >= 15 is 14.4 Å². The molecule has 7 aromatic rings. The number of anilines is 3. The molecular weight excluding hydrogens is 865 g/mol. The monoisotopic (exact) mass is 935 g/mol. The minimum atomic E-state index is -0.639. The minimum Gasteiger partial charge on any atom is -0.310 e. The average Bonchev–Trinajstić information content (AvgIpc) is 3.32. The molecule has 3 aromatic heterocycles. The van der Waals surface area contributed by atoms with Crippen LogP contribution in [0.1, 0.15) is 92.7 Å². The zero-order chi connectivity index (χ0) is 50.1. The van der Waals surface area contributed by atoms with Crippen molar-refractivity contribution in [1.82, 2.24) is 15.0 Å². The molecule has 0 N–H and O–H groups in total. The van der Waals surface area contributed by atoms with Crippen LogP contribution in [0.3, 0.4) is 0 Å². The fourth-order valence-corrected chi connectivity index (χ4v) is 10.1. The Bertz CT molecular complexity index is 2890. The van der Waals surface area contributed by atoms with Crippen LogP contribution in [0.25, 0.3) is 44.2 Å². The molecule has 3 amide bonds. The van der Waals surface area contributed by atoms with Crippen molar-refractivity contribution >= 4 is 56.5 Å². The van der Waals surface area contributed by atoms with E-state index in [0.29, 0.717) is 56.0 Å². The number of amides is 3. The molecule has 0 saturated heterocycles. The summed E-state index contributed by atoms with van der Waals surface area (Å²) in [6, 6.07) is 38.7. The maximum absolute atomic E-state index is 15.7. The number of carbonyl (C=O) groups excluding carboxylic acids is 3. The Morgan fingerprint density at radius 2 is 0.814 bits per heavy atom. The van der Waals surface area contributed by atoms with Gasteiger partial charge in [0.25, 0.3) is 0 Å². The summed E-state index contributed by atoms with van der Waals surface area (Å²) in [7, 11) is 0. The van der Waals surface area contributed by atoms with Crippen molar-refractivity contribution in [2.75, 3.05) is 34.3 Å². The van der Waals surface area contributed by atoms with Crippen LogP contribution in [0.5, 0.6) is 0 Å². The number of carbonyl (C=O) groups is 3. The fraction of sp³-hybridized carbons (Fsp3) is 0.377. The lowest BCUT2D eigenvalue weighted by Crippen LogP contribution is -2.50.